The van der Waals surface area contributed by atoms with Crippen molar-refractivity contribution < 1.29 is 9.15 Å². The molecule has 2 aliphatic rings. The Morgan fingerprint density at radius 3 is 2.92 bits per heavy atom. The fourth-order valence-electron chi connectivity index (χ4n) is 4.14. The van der Waals surface area contributed by atoms with Crippen molar-refractivity contribution in [1.29, 1.82) is 0 Å². The van der Waals surface area contributed by atoms with Gasteiger partial charge in [-0.25, -0.2) is 0 Å². The maximum atomic E-state index is 6.31. The van der Waals surface area contributed by atoms with Crippen molar-refractivity contribution >= 4 is 0 Å². The smallest absolute Gasteiger partial charge is 0.0947 e. The first-order chi connectivity index (χ1) is 12.2. The normalized spacial score (nSPS) is 23.0. The topological polar surface area (TPSA) is 41.7 Å². The molecule has 1 unspecified atom stereocenters. The number of furan rings is 1. The lowest BCUT2D eigenvalue weighted by molar-refractivity contribution is -0.183. The lowest BCUT2D eigenvalue weighted by atomic mass is 9.82. The number of hydrogen-bond donors (Lipinski definition) is 0. The lowest BCUT2D eigenvalue weighted by Gasteiger charge is -2.53. The molecule has 5 heteroatoms. The third kappa shape index (κ3) is 4.11. The number of ether oxygens (including phenoxy) is 1. The average Bonchev–Trinajstić information content (AvgIpc) is 3.09. The van der Waals surface area contributed by atoms with Crippen LogP contribution in [-0.2, 0) is 17.8 Å². The second-order valence-electron chi connectivity index (χ2n) is 7.73. The van der Waals surface area contributed by atoms with E-state index in [2.05, 4.69) is 27.9 Å². The quantitative estimate of drug-likeness (QED) is 0.808. The van der Waals surface area contributed by atoms with Crippen LogP contribution in [0.2, 0.25) is 0 Å². The molecular formula is C20H27N3O2. The Bertz CT molecular complexity index is 643. The number of pyridine rings is 1. The van der Waals surface area contributed by atoms with E-state index in [1.807, 2.05) is 30.8 Å². The van der Waals surface area contributed by atoms with E-state index in [0.717, 1.165) is 39.3 Å². The van der Waals surface area contributed by atoms with Crippen molar-refractivity contribution in [2.45, 2.75) is 31.5 Å². The van der Waals surface area contributed by atoms with Crippen LogP contribution in [0.5, 0.6) is 0 Å². The maximum Gasteiger partial charge on any atom is 0.0947 e. The van der Waals surface area contributed by atoms with Gasteiger partial charge >= 0.3 is 0 Å². The molecule has 0 amide bonds. The molecule has 4 rings (SSSR count). The molecule has 2 aliphatic heterocycles. The Morgan fingerprint density at radius 2 is 2.24 bits per heavy atom. The SMILES string of the molecule is CN(Cc1cccnc1)CC1CCC2(CN(Cc3ccoc3)C2)OC1. The van der Waals surface area contributed by atoms with Crippen LogP contribution < -0.4 is 0 Å². The highest BCUT2D eigenvalue weighted by Gasteiger charge is 2.46. The first-order valence-corrected chi connectivity index (χ1v) is 9.16. The monoisotopic (exact) mass is 341 g/mol. The number of aromatic nitrogens is 1. The van der Waals surface area contributed by atoms with Crippen molar-refractivity contribution in [1.82, 2.24) is 14.8 Å². The summed E-state index contributed by atoms with van der Waals surface area (Å²) in [7, 11) is 2.19. The Kier molecular flexibility index (Phi) is 4.88. The molecule has 0 bridgehead atoms. The first-order valence-electron chi connectivity index (χ1n) is 9.16. The van der Waals surface area contributed by atoms with Crippen molar-refractivity contribution in [3.63, 3.8) is 0 Å². The van der Waals surface area contributed by atoms with Gasteiger partial charge in [0, 0.05) is 50.7 Å². The van der Waals surface area contributed by atoms with E-state index in [0.29, 0.717) is 5.92 Å². The summed E-state index contributed by atoms with van der Waals surface area (Å²) < 4.78 is 11.5. The summed E-state index contributed by atoms with van der Waals surface area (Å²) in [6.07, 6.45) is 9.80. The highest BCUT2D eigenvalue weighted by molar-refractivity contribution is 5.09. The van der Waals surface area contributed by atoms with E-state index in [4.69, 9.17) is 9.15 Å². The molecule has 2 aromatic rings. The molecule has 25 heavy (non-hydrogen) atoms. The molecule has 2 fully saturated rings. The molecule has 1 spiro atoms. The molecule has 4 heterocycles. The maximum absolute atomic E-state index is 6.31. The van der Waals surface area contributed by atoms with Gasteiger partial charge in [0.05, 0.1) is 24.7 Å². The fourth-order valence-corrected chi connectivity index (χ4v) is 4.14. The molecule has 0 aliphatic carbocycles. The number of likely N-dealkylation sites (tertiary alicyclic amines) is 1. The van der Waals surface area contributed by atoms with Crippen LogP contribution in [-0.4, -0.2) is 53.7 Å². The van der Waals surface area contributed by atoms with Gasteiger partial charge in [0.2, 0.25) is 0 Å². The Balaban J connectivity index is 1.19. The van der Waals surface area contributed by atoms with E-state index in [-0.39, 0.29) is 5.60 Å². The number of hydrogen-bond acceptors (Lipinski definition) is 5. The van der Waals surface area contributed by atoms with Crippen LogP contribution in [0.15, 0.2) is 47.5 Å². The van der Waals surface area contributed by atoms with Crippen molar-refractivity contribution in [2.24, 2.45) is 5.92 Å². The summed E-state index contributed by atoms with van der Waals surface area (Å²) in [6, 6.07) is 6.18. The van der Waals surface area contributed by atoms with E-state index in [1.165, 1.54) is 24.0 Å². The van der Waals surface area contributed by atoms with Crippen LogP contribution in [0.25, 0.3) is 0 Å². The van der Waals surface area contributed by atoms with Crippen LogP contribution in [0.1, 0.15) is 24.0 Å². The summed E-state index contributed by atoms with van der Waals surface area (Å²) in [5, 5.41) is 0. The second-order valence-corrected chi connectivity index (χ2v) is 7.73. The van der Waals surface area contributed by atoms with Gasteiger partial charge < -0.3 is 14.1 Å². The predicted octanol–water partition coefficient (Wildman–Crippen LogP) is 2.79. The summed E-state index contributed by atoms with van der Waals surface area (Å²) in [4.78, 5) is 9.02. The molecule has 1 atom stereocenters. The fraction of sp³-hybridized carbons (Fsp3) is 0.550. The van der Waals surface area contributed by atoms with Gasteiger partial charge in [-0.15, -0.1) is 0 Å². The summed E-state index contributed by atoms with van der Waals surface area (Å²) in [5.74, 6) is 0.634. The van der Waals surface area contributed by atoms with Crippen LogP contribution in [0.3, 0.4) is 0 Å². The molecule has 0 N–H and O–H groups in total. The molecule has 2 saturated heterocycles. The van der Waals surface area contributed by atoms with E-state index >= 15 is 0 Å². The number of rotatable bonds is 6. The van der Waals surface area contributed by atoms with Gasteiger partial charge in [-0.3, -0.25) is 9.88 Å². The van der Waals surface area contributed by atoms with Crippen LogP contribution in [0.4, 0.5) is 0 Å². The summed E-state index contributed by atoms with van der Waals surface area (Å²) >= 11 is 0. The van der Waals surface area contributed by atoms with E-state index in [9.17, 15) is 0 Å². The van der Waals surface area contributed by atoms with Gasteiger partial charge in [-0.2, -0.15) is 0 Å². The van der Waals surface area contributed by atoms with Crippen molar-refractivity contribution in [2.75, 3.05) is 33.3 Å². The van der Waals surface area contributed by atoms with Crippen LogP contribution in [0, 0.1) is 5.92 Å². The van der Waals surface area contributed by atoms with Crippen molar-refractivity contribution in [3.05, 3.63) is 54.2 Å². The molecular weight excluding hydrogens is 314 g/mol. The van der Waals surface area contributed by atoms with E-state index < -0.39 is 0 Å². The molecule has 0 radical (unpaired) electrons. The highest BCUT2D eigenvalue weighted by Crippen LogP contribution is 2.36. The van der Waals surface area contributed by atoms with Crippen molar-refractivity contribution in [3.8, 4) is 0 Å². The van der Waals surface area contributed by atoms with Crippen LogP contribution >= 0.6 is 0 Å². The largest absolute Gasteiger partial charge is 0.472 e. The Morgan fingerprint density at radius 1 is 1.32 bits per heavy atom. The third-order valence-electron chi connectivity index (χ3n) is 5.39. The third-order valence-corrected chi connectivity index (χ3v) is 5.39. The minimum Gasteiger partial charge on any atom is -0.472 e. The Labute approximate surface area is 149 Å². The molecule has 0 aromatic carbocycles. The summed E-state index contributed by atoms with van der Waals surface area (Å²) in [6.45, 7) is 6.00. The standard InChI is InChI=1S/C20H27N3O2/c1-22(10-17-3-2-7-21-9-17)11-18-4-6-20(25-14-18)15-23(16-20)12-19-5-8-24-13-19/h2-3,5,7-9,13,18H,4,6,10-12,14-16H2,1H3. The van der Waals surface area contributed by atoms with Gasteiger partial charge in [0.15, 0.2) is 0 Å². The predicted molar refractivity (Wildman–Crippen MR) is 96.0 cm³/mol. The Hall–Kier alpha value is -1.69. The zero-order valence-electron chi connectivity index (χ0n) is 14.9. The zero-order chi connectivity index (χ0) is 17.1. The summed E-state index contributed by atoms with van der Waals surface area (Å²) in [5.41, 5.74) is 2.63. The molecule has 134 valence electrons. The minimum absolute atomic E-state index is 0.113. The molecule has 0 saturated carbocycles. The minimum atomic E-state index is 0.113. The van der Waals surface area contributed by atoms with Gasteiger partial charge in [-0.1, -0.05) is 6.07 Å². The first kappa shape index (κ1) is 16.8. The van der Waals surface area contributed by atoms with Gasteiger partial charge in [0.1, 0.15) is 0 Å². The zero-order valence-corrected chi connectivity index (χ0v) is 14.9. The van der Waals surface area contributed by atoms with Gasteiger partial charge in [0.25, 0.3) is 0 Å². The lowest BCUT2D eigenvalue weighted by Crippen LogP contribution is -2.64. The molecule has 5 nitrogen and oxygen atoms in total. The van der Waals surface area contributed by atoms with Gasteiger partial charge in [-0.05, 0) is 43.5 Å². The van der Waals surface area contributed by atoms with E-state index in [1.54, 1.807) is 6.26 Å². The average molecular weight is 341 g/mol. The number of nitrogens with zero attached hydrogens (tertiary/aromatic N) is 3. The highest BCUT2D eigenvalue weighted by atomic mass is 16.5. The molecule has 2 aromatic heterocycles. The second kappa shape index (κ2) is 7.28.